The molecule has 0 saturated carbocycles. The van der Waals surface area contributed by atoms with Crippen LogP contribution in [0.15, 0.2) is 142 Å². The first-order chi connectivity index (χ1) is 38.0. The summed E-state index contributed by atoms with van der Waals surface area (Å²) in [6, 6.07) is 39.1. The number of carbonyl (C=O) groups is 3. The lowest BCUT2D eigenvalue weighted by atomic mass is 9.94. The zero-order valence-corrected chi connectivity index (χ0v) is 44.1. The second-order valence-electron chi connectivity index (χ2n) is 19.9. The zero-order valence-electron chi connectivity index (χ0n) is 45.1. The first-order valence-corrected chi connectivity index (χ1v) is 25.7. The average molecular weight is 1060 g/mol. The molecule has 6 heterocycles. The number of nitrogens with zero attached hydrogens (tertiary/aromatic N) is 6. The quantitative estimate of drug-likeness (QED) is 0.132. The van der Waals surface area contributed by atoms with Crippen LogP contribution in [0.5, 0.6) is 40.2 Å². The second kappa shape index (κ2) is 21.5. The van der Waals surface area contributed by atoms with Crippen molar-refractivity contribution in [1.82, 2.24) is 14.7 Å². The van der Waals surface area contributed by atoms with E-state index >= 15 is 0 Å². The van der Waals surface area contributed by atoms with E-state index in [-0.39, 0.29) is 75.2 Å². The molecule has 3 amide bonds. The van der Waals surface area contributed by atoms with Crippen molar-refractivity contribution in [3.63, 3.8) is 0 Å². The molecule has 0 bridgehead atoms. The van der Waals surface area contributed by atoms with Gasteiger partial charge in [-0.2, -0.15) is 0 Å². The molecule has 16 nitrogen and oxygen atoms in total. The van der Waals surface area contributed by atoms with E-state index in [0.717, 1.165) is 17.5 Å². The second-order valence-corrected chi connectivity index (χ2v) is 19.9. The highest BCUT2D eigenvalue weighted by atomic mass is 16.5. The van der Waals surface area contributed by atoms with E-state index in [0.29, 0.717) is 100 Å². The maximum atomic E-state index is 13.8. The van der Waals surface area contributed by atoms with Crippen LogP contribution in [-0.2, 0) is 52.1 Å². The average Bonchev–Trinajstić information content (AvgIpc) is 3.79. The van der Waals surface area contributed by atoms with Crippen molar-refractivity contribution in [2.45, 2.75) is 70.2 Å². The van der Waals surface area contributed by atoms with Gasteiger partial charge in [-0.25, -0.2) is 0 Å². The standard InChI is InChI=1S/C44H38N4O7.C18H16N2O3.CH3.H/c1-52-39-16-35-37(45-20-32-14-28-7-3-5-9-30(28)22-47(32)43(35)50)18-41(39)54-24-26-11-27(13-34(49)12-26)25-55-42-19-38-36(17-40(42)53-2)44(51)48-23-31-10-6-4-8-29(31)15-33(48)21-46-38;1-23-17-7-14-15(8-16(17)21)19-9-13-6-11-4-2-3-5-12(11)10-20(13)18(14)22;;/h3-13,16-21,32-33,49H,14-15,22-25H2,1-2H3;2-5,7-9,13,21H,6,10H2,1H3;1H3;/q;;2*-1/t32-,33-;13-;;/m00../s1/i;;;1+1. The topological polar surface area (TPSA) is 185 Å². The number of amides is 3. The molecule has 402 valence electrons. The number of hydrogen-bond donors (Lipinski definition) is 2. The lowest BCUT2D eigenvalue weighted by Crippen LogP contribution is -2.44. The maximum Gasteiger partial charge on any atom is 0.257 e. The van der Waals surface area contributed by atoms with Crippen molar-refractivity contribution >= 4 is 53.4 Å². The fourth-order valence-corrected chi connectivity index (χ4v) is 11.1. The van der Waals surface area contributed by atoms with Crippen LogP contribution < -0.4 is 23.7 Å². The van der Waals surface area contributed by atoms with Gasteiger partial charge >= 0.3 is 0 Å². The summed E-state index contributed by atoms with van der Waals surface area (Å²) in [6.07, 6.45) is 7.62. The van der Waals surface area contributed by atoms with Crippen LogP contribution in [0, 0.1) is 7.43 Å². The fourth-order valence-electron chi connectivity index (χ4n) is 11.1. The first-order valence-electron chi connectivity index (χ1n) is 25.7. The minimum atomic E-state index is -0.153. The molecule has 6 aliphatic heterocycles. The predicted octanol–water partition coefficient (Wildman–Crippen LogP) is 10.4. The lowest BCUT2D eigenvalue weighted by Gasteiger charge is -2.34. The van der Waals surface area contributed by atoms with E-state index in [9.17, 15) is 24.6 Å². The van der Waals surface area contributed by atoms with E-state index < -0.39 is 0 Å². The van der Waals surface area contributed by atoms with Crippen molar-refractivity contribution in [3.8, 4) is 40.2 Å². The van der Waals surface area contributed by atoms with E-state index in [2.05, 4.69) is 41.4 Å². The molecule has 7 aromatic carbocycles. The number of methoxy groups -OCH3 is 3. The summed E-state index contributed by atoms with van der Waals surface area (Å²) in [7, 11) is 4.53. The SMILES string of the molecule is COc1cc2c(cc1O)N=C[C@@H]1Cc3ccccc3CN1C2=O.COc1cc2c(cc1OCc1cc(O)cc(COc3cc4c(cc3OC)C(=O)N3Cc5ccccc5C[C@H]3C=N4)c1)N=C[C@@H]1Cc3ccccc3CN1C2=O.[2H-].[CH3-]. The van der Waals surface area contributed by atoms with Gasteiger partial charge in [0.15, 0.2) is 34.5 Å². The number of aromatic hydroxyl groups is 2. The zero-order chi connectivity index (χ0) is 53.6. The summed E-state index contributed by atoms with van der Waals surface area (Å²) in [5.74, 6) is 1.64. The van der Waals surface area contributed by atoms with Gasteiger partial charge in [0.25, 0.3) is 17.7 Å². The number of benzene rings is 7. The van der Waals surface area contributed by atoms with Crippen LogP contribution in [0.2, 0.25) is 0 Å². The van der Waals surface area contributed by atoms with Crippen molar-refractivity contribution < 1.29 is 49.7 Å². The minimum absolute atomic E-state index is 0. The first kappa shape index (κ1) is 51.7. The number of rotatable bonds is 9. The Morgan fingerprint density at radius 3 is 1.16 bits per heavy atom. The Kier molecular flexibility index (Phi) is 14.1. The van der Waals surface area contributed by atoms with Crippen LogP contribution in [0.4, 0.5) is 17.1 Å². The lowest BCUT2D eigenvalue weighted by molar-refractivity contribution is 0.0696. The third-order valence-electron chi connectivity index (χ3n) is 15.2. The summed E-state index contributed by atoms with van der Waals surface area (Å²) in [4.78, 5) is 60.0. The molecule has 0 aliphatic carbocycles. The summed E-state index contributed by atoms with van der Waals surface area (Å²) in [6.45, 7) is 1.78. The summed E-state index contributed by atoms with van der Waals surface area (Å²) in [5.41, 5.74) is 11.3. The number of fused-ring (bicyclic) bond motifs is 9. The van der Waals surface area contributed by atoms with Gasteiger partial charge in [-0.05, 0) is 100 Å². The monoisotopic (exact) mass is 1060 g/mol. The van der Waals surface area contributed by atoms with Crippen LogP contribution >= 0.6 is 0 Å². The van der Waals surface area contributed by atoms with Crippen LogP contribution in [-0.4, -0.2) is 101 Å². The van der Waals surface area contributed by atoms with Crippen LogP contribution in [0.3, 0.4) is 0 Å². The normalized spacial score (nSPS) is 17.8. The van der Waals surface area contributed by atoms with Crippen molar-refractivity contribution in [2.75, 3.05) is 21.3 Å². The van der Waals surface area contributed by atoms with Crippen molar-refractivity contribution in [1.29, 1.82) is 0 Å². The van der Waals surface area contributed by atoms with Gasteiger partial charge in [-0.1, -0.05) is 72.8 Å². The van der Waals surface area contributed by atoms with Crippen molar-refractivity contribution in [2.24, 2.45) is 15.0 Å². The molecule has 3 atom stereocenters. The van der Waals surface area contributed by atoms with Gasteiger partial charge in [-0.15, -0.1) is 0 Å². The van der Waals surface area contributed by atoms with Crippen LogP contribution in [0.1, 0.15) is 77.0 Å². The Labute approximate surface area is 459 Å². The number of aliphatic imine (C=N–C) groups is 3. The Bertz CT molecular complexity index is 3510. The van der Waals surface area contributed by atoms with Gasteiger partial charge in [0.2, 0.25) is 0 Å². The van der Waals surface area contributed by atoms with Gasteiger partial charge in [-0.3, -0.25) is 29.4 Å². The summed E-state index contributed by atoms with van der Waals surface area (Å²) in [5, 5.41) is 20.6. The third kappa shape index (κ3) is 9.97. The number of ether oxygens (including phenoxy) is 5. The number of hydrogen-bond acceptors (Lipinski definition) is 13. The van der Waals surface area contributed by atoms with E-state index in [1.165, 1.54) is 49.6 Å². The molecule has 79 heavy (non-hydrogen) atoms. The number of phenolic OH excluding ortho intramolecular Hbond substituents is 2. The molecule has 0 saturated heterocycles. The van der Waals surface area contributed by atoms with Gasteiger partial charge < -0.3 is 57.5 Å². The number of carbonyl (C=O) groups excluding carboxylic acids is 3. The third-order valence-corrected chi connectivity index (χ3v) is 15.2. The Hall–Kier alpha value is -9.44. The Morgan fingerprint density at radius 2 is 0.797 bits per heavy atom. The highest BCUT2D eigenvalue weighted by Gasteiger charge is 2.36. The molecule has 7 aromatic rings. The molecule has 16 heteroatoms. The van der Waals surface area contributed by atoms with Gasteiger partial charge in [0.05, 0.1) is 73.2 Å². The predicted molar refractivity (Wildman–Crippen MR) is 301 cm³/mol. The molecule has 0 aromatic heterocycles. The Morgan fingerprint density at radius 1 is 0.456 bits per heavy atom. The molecule has 2 N–H and O–H groups in total. The van der Waals surface area contributed by atoms with Crippen molar-refractivity contribution in [3.05, 3.63) is 196 Å². The van der Waals surface area contributed by atoms with Crippen LogP contribution in [0.25, 0.3) is 0 Å². The molecule has 13 rings (SSSR count). The Balaban J connectivity index is 0.000000241. The molecular weight excluding hydrogens is 1000 g/mol. The highest BCUT2D eigenvalue weighted by Crippen LogP contribution is 2.42. The summed E-state index contributed by atoms with van der Waals surface area (Å²) >= 11 is 0. The van der Waals surface area contributed by atoms with Gasteiger partial charge in [0, 0.05) is 56.5 Å². The molecule has 0 spiro atoms. The maximum absolute atomic E-state index is 13.8. The van der Waals surface area contributed by atoms with E-state index in [1.807, 2.05) is 69.6 Å². The van der Waals surface area contributed by atoms with Gasteiger partial charge in [0.1, 0.15) is 19.0 Å². The molecule has 0 radical (unpaired) electrons. The number of phenols is 2. The largest absolute Gasteiger partial charge is 1.00 e. The molecule has 0 unspecified atom stereocenters. The molecule has 0 fully saturated rings. The molecule has 6 aliphatic rings. The van der Waals surface area contributed by atoms with E-state index in [4.69, 9.17) is 33.7 Å². The van der Waals surface area contributed by atoms with E-state index in [1.54, 1.807) is 48.7 Å². The highest BCUT2D eigenvalue weighted by molar-refractivity contribution is 6.05. The minimum Gasteiger partial charge on any atom is -1.00 e. The summed E-state index contributed by atoms with van der Waals surface area (Å²) < 4.78 is 28.9. The fraction of sp³-hybridized carbons (Fsp3) is 0.222. The smallest absolute Gasteiger partial charge is 0.257 e. The molecular formula is C63H58N6O10-2.